The first-order chi connectivity index (χ1) is 57.2. The molecule has 0 aromatic rings. The van der Waals surface area contributed by atoms with E-state index < -0.39 is 36.3 Å². The minimum absolute atomic E-state index is 0.0120. The Hall–Kier alpha value is -9.52. The van der Waals surface area contributed by atoms with Crippen molar-refractivity contribution in [1.29, 1.82) is 0 Å². The van der Waals surface area contributed by atoms with Gasteiger partial charge in [-0.3, -0.25) is 60.0 Å². The van der Waals surface area contributed by atoms with E-state index in [4.69, 9.17) is 22.9 Å². The molecular weight excluding hydrogens is 1570 g/mol. The predicted octanol–water partition coefficient (Wildman–Crippen LogP) is -4.76. The summed E-state index contributed by atoms with van der Waals surface area (Å²) in [6, 6.07) is -0.527. The van der Waals surface area contributed by atoms with Gasteiger partial charge in [-0.15, -0.1) is 0 Å². The highest BCUT2D eigenvalue weighted by Gasteiger charge is 2.62. The number of nitrogens with two attached hydrogens (primary N) is 4. The smallest absolute Gasteiger partial charge is 0.256 e. The number of rotatable bonds is 12. The van der Waals surface area contributed by atoms with E-state index in [2.05, 4.69) is 190 Å². The molecule has 0 aromatic heterocycles. The van der Waals surface area contributed by atoms with Gasteiger partial charge >= 0.3 is 0 Å². The number of carbonyl (C=O) groups is 6. The largest absolute Gasteiger partial charge is 0.392 e. The van der Waals surface area contributed by atoms with E-state index in [0.717, 1.165) is 41.6 Å². The second-order valence-corrected chi connectivity index (χ2v) is 39.6. The summed E-state index contributed by atoms with van der Waals surface area (Å²) in [7, 11) is 5.54. The van der Waals surface area contributed by atoms with Crippen LogP contribution in [0, 0.1) is 71.0 Å². The zero-order chi connectivity index (χ0) is 88.5. The molecule has 40 heteroatoms. The van der Waals surface area contributed by atoms with Gasteiger partial charge in [0.1, 0.15) is 54.4 Å². The molecule has 12 heterocycles. The number of nitrogens with one attached hydrogen (secondary N) is 9. The average Bonchev–Trinajstić information content (AvgIpc) is 1.59. The Morgan fingerprint density at radius 3 is 1.13 bits per heavy atom. The van der Waals surface area contributed by atoms with E-state index in [0.29, 0.717) is 67.9 Å². The maximum atomic E-state index is 12.5. The van der Waals surface area contributed by atoms with Crippen LogP contribution in [-0.2, 0) is 28.8 Å². The molecule has 0 spiro atoms. The molecular formula is C82H128N28O12. The fraction of sp³-hybridized carbons (Fsp3) is 0.707. The second-order valence-electron chi connectivity index (χ2n) is 39.6. The highest BCUT2D eigenvalue weighted by Crippen LogP contribution is 2.56. The first-order valence-corrected chi connectivity index (χ1v) is 42.6. The molecule has 6 saturated carbocycles. The summed E-state index contributed by atoms with van der Waals surface area (Å²) in [5.41, 5.74) is 26.1. The van der Waals surface area contributed by atoms with Crippen LogP contribution in [0.4, 0.5) is 0 Å². The van der Waals surface area contributed by atoms with E-state index in [9.17, 15) is 59.4 Å². The van der Waals surface area contributed by atoms with Crippen LogP contribution >= 0.6 is 0 Å². The molecule has 0 saturated heterocycles. The lowest BCUT2D eigenvalue weighted by Crippen LogP contribution is -2.54. The molecule has 30 unspecified atom stereocenters. The van der Waals surface area contributed by atoms with Crippen LogP contribution in [0.25, 0.3) is 0 Å². The van der Waals surface area contributed by atoms with Gasteiger partial charge in [0.2, 0.25) is 23.6 Å². The lowest BCUT2D eigenvalue weighted by atomic mass is 9.95. The highest BCUT2D eigenvalue weighted by atomic mass is 16.3. The predicted molar refractivity (Wildman–Crippen MR) is 458 cm³/mol. The topological polar surface area (TPSA) is 558 Å². The third-order valence-corrected chi connectivity index (χ3v) is 27.1. The monoisotopic (exact) mass is 1700 g/mol. The Balaban J connectivity index is 0.000000121. The van der Waals surface area contributed by atoms with Crippen molar-refractivity contribution in [2.75, 3.05) is 47.3 Å². The molecule has 0 aromatic carbocycles. The van der Waals surface area contributed by atoms with E-state index >= 15 is 0 Å². The number of aliphatic hydroxyl groups is 6. The zero-order valence-corrected chi connectivity index (χ0v) is 72.7. The summed E-state index contributed by atoms with van der Waals surface area (Å²) >= 11 is 0. The van der Waals surface area contributed by atoms with Crippen molar-refractivity contribution in [2.45, 2.75) is 248 Å². The molecule has 6 fully saturated rings. The molecule has 122 heavy (non-hydrogen) atoms. The SMILES string of the molecule is CC(C)(C)N1C=C(CNC2C(O)C(O)C3CC32)C2C(=O)NC(N)=NC21.CC(C)(C)N1C=C(CNC2C=CC(O)C2O)C2C(=O)NC(N)=NC21.CC(C)(C)N1C=NC2C(=O)NC=NC21.CC1C(O)C2CC2C1NCC1=CN(C)C2N=C(N)NC(=O)C12.CC1C(O)C2CC2C1NCC1=CN(C)C2N=C(N)NC(=O)C12.CN1C=NC2C(N=CN2C(C)(C)C)C1=O. The van der Waals surface area contributed by atoms with Crippen molar-refractivity contribution in [3.63, 3.8) is 0 Å². The standard InChI is InChI=1S/C17H27N5O3.C16H25N5O3.2C15H23N5O2.C10H16N4O.C9H14N4O/c1-17(2,3)22-6-7(10-14(22)20-16(18)21-15(10)25)5-19-11-8-4-9(8)12(23)13(11)24;1-16(2,3)21-7-8(6-18-9-4-5-10(22)12(9)23)11-13(21)19-15(17)20-14(11)24;2*1-6-11(8-3-9(8)12(6)21)17-4-7-5-20(2)13-10(7)14(22)19-15(16)18-13;1-10(2,3)14-6-11-7-8(14)12-5-13(4)9(7)15;1-9(2,3)13-5-12-6-7(13)10-4-11-8(6)14/h6,8-14,19,23-24H,4-5H2,1-3H3,(H3,18,20,21,25);4-5,7,9-13,18,22-23H,6H2,1-3H3,(H3,17,19,20,24);2*5-6,8-13,17,21H,3-4H2,1-2H3,(H3,16,18,19,22);5-8H,1-4H3;4-7H,1-3H3,(H,10,11,14). The van der Waals surface area contributed by atoms with Crippen molar-refractivity contribution in [1.82, 2.24) is 82.2 Å². The van der Waals surface area contributed by atoms with Gasteiger partial charge in [-0.1, -0.05) is 26.0 Å². The summed E-state index contributed by atoms with van der Waals surface area (Å²) in [5, 5.41) is 86.5. The van der Waals surface area contributed by atoms with Crippen LogP contribution < -0.4 is 70.8 Å². The average molecular weight is 1700 g/mol. The Labute approximate surface area is 711 Å². The number of aliphatic imine (C=N–C) groups is 8. The number of nitrogens with zero attached hydrogens (tertiary/aromatic N) is 15. The fourth-order valence-electron chi connectivity index (χ4n) is 20.2. The number of aliphatic hydroxyl groups excluding tert-OH is 6. The normalized spacial score (nSPS) is 39.5. The van der Waals surface area contributed by atoms with Crippen LogP contribution in [0.3, 0.4) is 0 Å². The van der Waals surface area contributed by atoms with Gasteiger partial charge in [-0.25, -0.2) is 30.0 Å². The first kappa shape index (κ1) is 88.8. The van der Waals surface area contributed by atoms with E-state index in [1.165, 1.54) is 11.2 Å². The summed E-state index contributed by atoms with van der Waals surface area (Å²) in [6.45, 7) is 31.2. The summed E-state index contributed by atoms with van der Waals surface area (Å²) in [6.07, 6.45) is 16.0. The summed E-state index contributed by atoms with van der Waals surface area (Å²) in [4.78, 5) is 121. The number of fused-ring (bicyclic) bond motifs is 9. The maximum absolute atomic E-state index is 12.5. The third-order valence-electron chi connectivity index (χ3n) is 27.1. The van der Waals surface area contributed by atoms with Crippen LogP contribution in [0.15, 0.2) is 99.2 Å². The molecule has 19 aliphatic rings. The van der Waals surface area contributed by atoms with E-state index in [-0.39, 0.29) is 184 Å². The Bertz CT molecular complexity index is 4390. The molecule has 19 rings (SSSR count). The van der Waals surface area contributed by atoms with Crippen molar-refractivity contribution in [3.8, 4) is 0 Å². The van der Waals surface area contributed by atoms with Crippen LogP contribution in [0.5, 0.6) is 0 Å². The minimum atomic E-state index is -0.879. The highest BCUT2D eigenvalue weighted by molar-refractivity contribution is 6.04. The Morgan fingerprint density at radius 1 is 0.393 bits per heavy atom. The first-order valence-electron chi connectivity index (χ1n) is 42.6. The molecule has 23 N–H and O–H groups in total. The molecule has 12 aliphatic heterocycles. The Kier molecular flexibility index (Phi) is 24.4. The lowest BCUT2D eigenvalue weighted by molar-refractivity contribution is -0.129. The van der Waals surface area contributed by atoms with Gasteiger partial charge in [0.25, 0.3) is 11.8 Å². The van der Waals surface area contributed by atoms with Gasteiger partial charge in [-0.05, 0) is 172 Å². The number of likely N-dealkylation sites (N-methyl/N-ethyl adjacent to an activating group) is 1. The quantitative estimate of drug-likeness (QED) is 0.0816. The molecule has 30 atom stereocenters. The molecule has 6 amide bonds. The van der Waals surface area contributed by atoms with Crippen LogP contribution in [0.1, 0.15) is 116 Å². The maximum Gasteiger partial charge on any atom is 0.256 e. The van der Waals surface area contributed by atoms with Crippen molar-refractivity contribution in [3.05, 3.63) is 59.2 Å². The summed E-state index contributed by atoms with van der Waals surface area (Å²) in [5.74, 6) is 1.97. The van der Waals surface area contributed by atoms with Crippen molar-refractivity contribution < 1.29 is 59.4 Å². The Morgan fingerprint density at radius 2 is 0.754 bits per heavy atom. The lowest BCUT2D eigenvalue weighted by Gasteiger charge is -2.38. The fourth-order valence-corrected chi connectivity index (χ4v) is 20.2. The number of amides is 6. The van der Waals surface area contributed by atoms with Crippen molar-refractivity contribution in [2.24, 2.45) is 134 Å². The van der Waals surface area contributed by atoms with E-state index in [1.807, 2.05) is 63.4 Å². The summed E-state index contributed by atoms with van der Waals surface area (Å²) < 4.78 is 0. The van der Waals surface area contributed by atoms with Gasteiger partial charge < -0.3 is 114 Å². The third kappa shape index (κ3) is 17.6. The number of guanidine groups is 4. The van der Waals surface area contributed by atoms with E-state index in [1.54, 1.807) is 38.2 Å². The molecule has 668 valence electrons. The molecule has 0 bridgehead atoms. The number of hydrogen-bond donors (Lipinski definition) is 19. The minimum Gasteiger partial charge on any atom is -0.392 e. The van der Waals surface area contributed by atoms with Crippen LogP contribution in [0.2, 0.25) is 0 Å². The zero-order valence-electron chi connectivity index (χ0n) is 72.7. The number of hydrogen-bond acceptors (Lipinski definition) is 34. The van der Waals surface area contributed by atoms with Crippen LogP contribution in [-0.4, -0.2) is 329 Å². The van der Waals surface area contributed by atoms with Gasteiger partial charge in [0.15, 0.2) is 48.3 Å². The number of carbonyl (C=O) groups excluding carboxylic acids is 6. The molecule has 0 radical (unpaired) electrons. The molecule has 7 aliphatic carbocycles. The molecule has 40 nitrogen and oxygen atoms in total. The van der Waals surface area contributed by atoms with Crippen molar-refractivity contribution >= 4 is 84.6 Å². The van der Waals surface area contributed by atoms with Gasteiger partial charge in [-0.2, -0.15) is 0 Å². The van der Waals surface area contributed by atoms with Gasteiger partial charge in [0.05, 0.1) is 61.9 Å². The second kappa shape index (κ2) is 33.5. The van der Waals surface area contributed by atoms with Gasteiger partial charge in [0, 0.05) is 112 Å².